The van der Waals surface area contributed by atoms with E-state index in [-0.39, 0.29) is 11.6 Å². The summed E-state index contributed by atoms with van der Waals surface area (Å²) in [5.74, 6) is -0.802. The number of benzene rings is 2. The number of imidazole rings is 1. The van der Waals surface area contributed by atoms with Crippen molar-refractivity contribution in [2.24, 2.45) is 0 Å². The van der Waals surface area contributed by atoms with E-state index in [0.717, 1.165) is 0 Å². The average Bonchev–Trinajstić information content (AvgIpc) is 2.77. The van der Waals surface area contributed by atoms with Gasteiger partial charge in [-0.25, -0.2) is 9.18 Å². The molecule has 3 rings (SSSR count). The van der Waals surface area contributed by atoms with E-state index in [4.69, 9.17) is 0 Å². The van der Waals surface area contributed by atoms with Crippen molar-refractivity contribution in [1.82, 2.24) is 9.97 Å². The van der Waals surface area contributed by atoms with Gasteiger partial charge in [0.2, 0.25) is 0 Å². The molecule has 1 amide bonds. The molecule has 0 atom stereocenters. The minimum absolute atomic E-state index is 0.310. The normalized spacial score (nSPS) is 10.8. The molecule has 2 aromatic carbocycles. The van der Waals surface area contributed by atoms with E-state index in [0.29, 0.717) is 26.8 Å². The number of aromatic nitrogens is 2. The molecule has 0 saturated carbocycles. The lowest BCUT2D eigenvalue weighted by molar-refractivity contribution is 0.102. The molecule has 0 spiro atoms. The maximum Gasteiger partial charge on any atom is 0.323 e. The van der Waals surface area contributed by atoms with Crippen molar-refractivity contribution in [3.05, 3.63) is 62.7 Å². The van der Waals surface area contributed by atoms with Crippen LogP contribution < -0.4 is 11.0 Å². The largest absolute Gasteiger partial charge is 0.323 e. The summed E-state index contributed by atoms with van der Waals surface area (Å²) >= 11 is 3.15. The molecule has 0 unspecified atom stereocenters. The molecule has 0 aliphatic rings. The van der Waals surface area contributed by atoms with Gasteiger partial charge in [-0.05, 0) is 52.3 Å². The summed E-state index contributed by atoms with van der Waals surface area (Å²) in [5.41, 5.74) is 1.78. The van der Waals surface area contributed by atoms with Gasteiger partial charge in [-0.15, -0.1) is 0 Å². The van der Waals surface area contributed by atoms with E-state index in [1.807, 2.05) is 0 Å². The Morgan fingerprint density at radius 2 is 1.86 bits per heavy atom. The van der Waals surface area contributed by atoms with Crippen molar-refractivity contribution >= 4 is 38.6 Å². The van der Waals surface area contributed by atoms with Gasteiger partial charge in [0.05, 0.1) is 16.6 Å². The number of fused-ring (bicyclic) bond motifs is 1. The molecule has 0 aliphatic heterocycles. The zero-order valence-corrected chi connectivity index (χ0v) is 12.1. The number of H-pyrrole nitrogens is 2. The lowest BCUT2D eigenvalue weighted by atomic mass is 10.2. The molecule has 0 saturated heterocycles. The highest BCUT2D eigenvalue weighted by Gasteiger charge is 2.11. The summed E-state index contributed by atoms with van der Waals surface area (Å²) in [4.78, 5) is 28.5. The molecule has 7 heteroatoms. The summed E-state index contributed by atoms with van der Waals surface area (Å²) < 4.78 is 13.4. The monoisotopic (exact) mass is 349 g/mol. The number of carbonyl (C=O) groups excluding carboxylic acids is 1. The van der Waals surface area contributed by atoms with Gasteiger partial charge in [-0.2, -0.15) is 0 Å². The van der Waals surface area contributed by atoms with Crippen LogP contribution in [0.3, 0.4) is 0 Å². The fourth-order valence-corrected chi connectivity index (χ4v) is 2.51. The highest BCUT2D eigenvalue weighted by Crippen LogP contribution is 2.20. The number of rotatable bonds is 2. The molecule has 21 heavy (non-hydrogen) atoms. The molecular formula is C14H9BrFN3O2. The van der Waals surface area contributed by atoms with Crippen LogP contribution >= 0.6 is 15.9 Å². The van der Waals surface area contributed by atoms with Crippen LogP contribution in [-0.4, -0.2) is 15.9 Å². The van der Waals surface area contributed by atoms with Gasteiger partial charge in [-0.3, -0.25) is 4.79 Å². The first-order valence-electron chi connectivity index (χ1n) is 6.01. The Morgan fingerprint density at radius 1 is 1.10 bits per heavy atom. The Balaban J connectivity index is 1.90. The molecule has 1 aromatic heterocycles. The molecule has 0 radical (unpaired) electrons. The van der Waals surface area contributed by atoms with Gasteiger partial charge in [0, 0.05) is 10.2 Å². The van der Waals surface area contributed by atoms with E-state index >= 15 is 0 Å². The Morgan fingerprint density at radius 3 is 2.62 bits per heavy atom. The SMILES string of the molecule is O=C(Nc1ccc2[nH]c(=O)[nH]c2c1)c1ccc(F)cc1Br. The molecule has 0 fully saturated rings. The third kappa shape index (κ3) is 2.73. The van der Waals surface area contributed by atoms with Crippen molar-refractivity contribution in [1.29, 1.82) is 0 Å². The van der Waals surface area contributed by atoms with Crippen molar-refractivity contribution in [3.8, 4) is 0 Å². The predicted octanol–water partition coefficient (Wildman–Crippen LogP) is 3.01. The third-order valence-corrected chi connectivity index (χ3v) is 3.61. The van der Waals surface area contributed by atoms with Gasteiger partial charge in [0.1, 0.15) is 5.82 Å². The van der Waals surface area contributed by atoms with E-state index < -0.39 is 5.82 Å². The van der Waals surface area contributed by atoms with Crippen molar-refractivity contribution in [2.45, 2.75) is 0 Å². The van der Waals surface area contributed by atoms with Crippen LogP contribution in [0.25, 0.3) is 11.0 Å². The van der Waals surface area contributed by atoms with Crippen molar-refractivity contribution in [2.75, 3.05) is 5.32 Å². The summed E-state index contributed by atoms with van der Waals surface area (Å²) in [6, 6.07) is 8.83. The van der Waals surface area contributed by atoms with Crippen LogP contribution in [0.1, 0.15) is 10.4 Å². The van der Waals surface area contributed by atoms with Crippen LogP contribution in [0.15, 0.2) is 45.7 Å². The molecule has 3 aromatic rings. The predicted molar refractivity (Wildman–Crippen MR) is 81.0 cm³/mol. The fraction of sp³-hybridized carbons (Fsp3) is 0. The van der Waals surface area contributed by atoms with Gasteiger partial charge >= 0.3 is 5.69 Å². The molecular weight excluding hydrogens is 341 g/mol. The zero-order chi connectivity index (χ0) is 15.0. The lowest BCUT2D eigenvalue weighted by Gasteiger charge is -2.07. The highest BCUT2D eigenvalue weighted by molar-refractivity contribution is 9.10. The Kier molecular flexibility index (Phi) is 3.34. The first-order valence-corrected chi connectivity index (χ1v) is 6.81. The summed E-state index contributed by atoms with van der Waals surface area (Å²) in [5, 5.41) is 2.69. The number of aromatic amines is 2. The number of amides is 1. The van der Waals surface area contributed by atoms with Crippen LogP contribution in [0.4, 0.5) is 10.1 Å². The maximum absolute atomic E-state index is 13.0. The minimum Gasteiger partial charge on any atom is -0.322 e. The second-order valence-electron chi connectivity index (χ2n) is 4.42. The number of anilines is 1. The van der Waals surface area contributed by atoms with Crippen molar-refractivity contribution in [3.63, 3.8) is 0 Å². The van der Waals surface area contributed by atoms with Crippen LogP contribution in [0.5, 0.6) is 0 Å². The van der Waals surface area contributed by atoms with Crippen LogP contribution in [0, 0.1) is 5.82 Å². The quantitative estimate of drug-likeness (QED) is 0.664. The second-order valence-corrected chi connectivity index (χ2v) is 5.27. The smallest absolute Gasteiger partial charge is 0.322 e. The van der Waals surface area contributed by atoms with Gasteiger partial charge in [0.25, 0.3) is 5.91 Å². The number of nitrogens with one attached hydrogen (secondary N) is 3. The molecule has 0 bridgehead atoms. The summed E-state index contributed by atoms with van der Waals surface area (Å²) in [6.07, 6.45) is 0. The topological polar surface area (TPSA) is 77.8 Å². The highest BCUT2D eigenvalue weighted by atomic mass is 79.9. The number of halogens is 2. The molecule has 0 aliphatic carbocycles. The first-order chi connectivity index (χ1) is 10.0. The Labute approximate surface area is 126 Å². The number of hydrogen-bond acceptors (Lipinski definition) is 2. The zero-order valence-electron chi connectivity index (χ0n) is 10.5. The van der Waals surface area contributed by atoms with Gasteiger partial charge in [-0.1, -0.05) is 0 Å². The van der Waals surface area contributed by atoms with Gasteiger partial charge < -0.3 is 15.3 Å². The third-order valence-electron chi connectivity index (χ3n) is 2.95. The fourth-order valence-electron chi connectivity index (χ4n) is 1.98. The van der Waals surface area contributed by atoms with E-state index in [1.54, 1.807) is 18.2 Å². The number of carbonyl (C=O) groups is 1. The Bertz CT molecular complexity index is 901. The number of hydrogen-bond donors (Lipinski definition) is 3. The summed E-state index contributed by atoms with van der Waals surface area (Å²) in [6.45, 7) is 0. The average molecular weight is 350 g/mol. The molecule has 3 N–H and O–H groups in total. The lowest BCUT2D eigenvalue weighted by Crippen LogP contribution is -2.12. The van der Waals surface area contributed by atoms with Crippen LogP contribution in [0.2, 0.25) is 0 Å². The Hall–Kier alpha value is -2.41. The minimum atomic E-state index is -0.426. The van der Waals surface area contributed by atoms with E-state index in [1.165, 1.54) is 18.2 Å². The van der Waals surface area contributed by atoms with Gasteiger partial charge in [0.15, 0.2) is 0 Å². The molecule has 5 nitrogen and oxygen atoms in total. The maximum atomic E-state index is 13.0. The van der Waals surface area contributed by atoms with E-state index in [9.17, 15) is 14.0 Å². The second kappa shape index (κ2) is 5.17. The summed E-state index contributed by atoms with van der Waals surface area (Å²) in [7, 11) is 0. The standard InChI is InChI=1S/C14H9BrFN3O2/c15-10-5-7(16)1-3-9(10)13(20)17-8-2-4-11-12(6-8)19-14(21)18-11/h1-6H,(H,17,20)(H2,18,19,21). The van der Waals surface area contributed by atoms with Crippen molar-refractivity contribution < 1.29 is 9.18 Å². The molecule has 1 heterocycles. The van der Waals surface area contributed by atoms with E-state index in [2.05, 4.69) is 31.2 Å². The van der Waals surface area contributed by atoms with Crippen LogP contribution in [-0.2, 0) is 0 Å². The molecule has 106 valence electrons. The first kappa shape index (κ1) is 13.6.